The van der Waals surface area contributed by atoms with Gasteiger partial charge in [0, 0.05) is 17.7 Å². The number of nitrogens with zero attached hydrogens (tertiary/aromatic N) is 1. The molecule has 3 heteroatoms. The Kier molecular flexibility index (Phi) is 4.03. The molecule has 0 radical (unpaired) electrons. The molecule has 0 bridgehead atoms. The summed E-state index contributed by atoms with van der Waals surface area (Å²) in [6, 6.07) is 0. The minimum Gasteiger partial charge on any atom is -0.249 e. The minimum atomic E-state index is 0.241. The van der Waals surface area contributed by atoms with Crippen LogP contribution in [0.25, 0.3) is 0 Å². The van der Waals surface area contributed by atoms with Crippen LogP contribution in [0.4, 0.5) is 0 Å². The molecule has 0 aliphatic heterocycles. The molecule has 11 heavy (non-hydrogen) atoms. The monoisotopic (exact) mass is 187 g/mol. The second-order valence-electron chi connectivity index (χ2n) is 2.39. The average Bonchev–Trinajstić information content (AvgIpc) is 2.52. The molecule has 1 heterocycles. The van der Waals surface area contributed by atoms with Crippen molar-refractivity contribution in [3.05, 3.63) is 16.6 Å². The number of thiazole rings is 1. The molecule has 0 aliphatic carbocycles. The van der Waals surface area contributed by atoms with E-state index >= 15 is 0 Å². The molecule has 62 valence electrons. The van der Waals surface area contributed by atoms with Crippen molar-refractivity contribution in [2.45, 2.75) is 20.0 Å². The van der Waals surface area contributed by atoms with Crippen LogP contribution in [-0.2, 0) is 6.16 Å². The number of hydrogen-bond acceptors (Lipinski definition) is 2. The third-order valence-electron chi connectivity index (χ3n) is 1.74. The molecular weight excluding hydrogens is 173 g/mol. The first-order valence-electron chi connectivity index (χ1n) is 3.97. The summed E-state index contributed by atoms with van der Waals surface area (Å²) in [5.74, 6) is 0. The van der Waals surface area contributed by atoms with Gasteiger partial charge in [0.15, 0.2) is 0 Å². The Bertz CT molecular complexity index is 182. The maximum Gasteiger partial charge on any atom is 0.0967 e. The summed E-state index contributed by atoms with van der Waals surface area (Å²) in [4.78, 5) is 4.29. The van der Waals surface area contributed by atoms with Crippen LogP contribution in [0.3, 0.4) is 0 Å². The number of rotatable bonds is 4. The van der Waals surface area contributed by atoms with Crippen LogP contribution in [0.2, 0.25) is 0 Å². The van der Waals surface area contributed by atoms with Crippen LogP contribution >= 0.6 is 19.3 Å². The molecule has 0 atom stereocenters. The first kappa shape index (κ1) is 9.15. The first-order valence-corrected chi connectivity index (χ1v) is 6.75. The summed E-state index contributed by atoms with van der Waals surface area (Å²) in [6.07, 6.45) is 5.82. The van der Waals surface area contributed by atoms with Gasteiger partial charge in [-0.2, -0.15) is 0 Å². The fourth-order valence-corrected chi connectivity index (χ4v) is 3.57. The number of hydrogen-bond donors (Lipinski definition) is 0. The van der Waals surface area contributed by atoms with E-state index in [1.54, 1.807) is 11.3 Å². The fourth-order valence-electron chi connectivity index (χ4n) is 0.970. The molecule has 0 aliphatic rings. The molecule has 0 fully saturated rings. The Balaban J connectivity index is 2.41. The Morgan fingerprint density at radius 2 is 2.18 bits per heavy atom. The summed E-state index contributed by atoms with van der Waals surface area (Å²) in [5.41, 5.74) is 0. The lowest BCUT2D eigenvalue weighted by molar-refractivity contribution is 1.23. The van der Waals surface area contributed by atoms with Crippen LogP contribution in [0, 0.1) is 0 Å². The van der Waals surface area contributed by atoms with Crippen molar-refractivity contribution in [2.24, 2.45) is 0 Å². The van der Waals surface area contributed by atoms with E-state index in [1.807, 2.05) is 6.20 Å². The van der Waals surface area contributed by atoms with Gasteiger partial charge in [-0.05, 0) is 12.3 Å². The summed E-state index contributed by atoms with van der Waals surface area (Å²) < 4.78 is 0. The van der Waals surface area contributed by atoms with Crippen LogP contribution in [0.1, 0.15) is 18.9 Å². The van der Waals surface area contributed by atoms with E-state index < -0.39 is 0 Å². The van der Waals surface area contributed by atoms with Crippen LogP contribution in [-0.4, -0.2) is 17.3 Å². The van der Waals surface area contributed by atoms with Crippen molar-refractivity contribution < 1.29 is 0 Å². The SMILES string of the molecule is CCP(CC)Cc1nccs1. The van der Waals surface area contributed by atoms with E-state index in [0.29, 0.717) is 0 Å². The quantitative estimate of drug-likeness (QED) is 0.660. The van der Waals surface area contributed by atoms with Crippen molar-refractivity contribution in [1.82, 2.24) is 4.98 Å². The van der Waals surface area contributed by atoms with Crippen molar-refractivity contribution in [1.29, 1.82) is 0 Å². The van der Waals surface area contributed by atoms with Gasteiger partial charge in [-0.1, -0.05) is 13.8 Å². The largest absolute Gasteiger partial charge is 0.249 e. The number of aromatic nitrogens is 1. The van der Waals surface area contributed by atoms with E-state index in [0.717, 1.165) is 0 Å². The lowest BCUT2D eigenvalue weighted by Crippen LogP contribution is -1.87. The van der Waals surface area contributed by atoms with Crippen molar-refractivity contribution >= 4 is 19.3 Å². The molecule has 1 aromatic heterocycles. The lowest BCUT2D eigenvalue weighted by Gasteiger charge is -2.09. The molecule has 1 rings (SSSR count). The highest BCUT2D eigenvalue weighted by Gasteiger charge is 2.04. The standard InChI is InChI=1S/C8H14NPS/c1-3-10(4-2)7-8-9-5-6-11-8/h5-6H,3-4,7H2,1-2H3. The molecule has 0 unspecified atom stereocenters. The van der Waals surface area contributed by atoms with Crippen LogP contribution in [0.5, 0.6) is 0 Å². The van der Waals surface area contributed by atoms with E-state index in [1.165, 1.54) is 23.5 Å². The second-order valence-corrected chi connectivity index (χ2v) is 6.29. The highest BCUT2D eigenvalue weighted by atomic mass is 32.1. The zero-order valence-electron chi connectivity index (χ0n) is 7.08. The first-order chi connectivity index (χ1) is 5.36. The van der Waals surface area contributed by atoms with Crippen LogP contribution in [0.15, 0.2) is 11.6 Å². The predicted octanol–water partition coefficient (Wildman–Crippen LogP) is 3.16. The van der Waals surface area contributed by atoms with Gasteiger partial charge in [0.1, 0.15) is 0 Å². The topological polar surface area (TPSA) is 12.9 Å². The Hall–Kier alpha value is 0.0600. The molecule has 0 saturated heterocycles. The normalized spacial score (nSPS) is 10.8. The third kappa shape index (κ3) is 2.88. The third-order valence-corrected chi connectivity index (χ3v) is 5.27. The Morgan fingerprint density at radius 3 is 2.64 bits per heavy atom. The molecular formula is C8H14NPS. The van der Waals surface area contributed by atoms with Gasteiger partial charge in [0.2, 0.25) is 0 Å². The van der Waals surface area contributed by atoms with E-state index in [2.05, 4.69) is 24.2 Å². The van der Waals surface area contributed by atoms with E-state index in [4.69, 9.17) is 0 Å². The molecule has 1 nitrogen and oxygen atoms in total. The summed E-state index contributed by atoms with van der Waals surface area (Å²) in [7, 11) is 0.241. The molecule has 0 N–H and O–H groups in total. The summed E-state index contributed by atoms with van der Waals surface area (Å²) in [6.45, 7) is 4.56. The second kappa shape index (κ2) is 4.84. The van der Waals surface area contributed by atoms with Gasteiger partial charge < -0.3 is 0 Å². The Morgan fingerprint density at radius 1 is 1.45 bits per heavy atom. The Labute approximate surface area is 73.6 Å². The van der Waals surface area contributed by atoms with Gasteiger partial charge in [0.05, 0.1) is 5.01 Å². The predicted molar refractivity (Wildman–Crippen MR) is 53.8 cm³/mol. The molecule has 0 spiro atoms. The summed E-state index contributed by atoms with van der Waals surface area (Å²) in [5, 5.41) is 3.38. The molecule has 0 aromatic carbocycles. The lowest BCUT2D eigenvalue weighted by atomic mass is 10.8. The van der Waals surface area contributed by atoms with Gasteiger partial charge in [-0.3, -0.25) is 0 Å². The van der Waals surface area contributed by atoms with Crippen molar-refractivity contribution in [3.63, 3.8) is 0 Å². The smallest absolute Gasteiger partial charge is 0.0967 e. The van der Waals surface area contributed by atoms with Gasteiger partial charge >= 0.3 is 0 Å². The summed E-state index contributed by atoms with van der Waals surface area (Å²) >= 11 is 1.79. The van der Waals surface area contributed by atoms with Gasteiger partial charge in [-0.15, -0.1) is 19.3 Å². The highest BCUT2D eigenvalue weighted by Crippen LogP contribution is 2.38. The highest BCUT2D eigenvalue weighted by molar-refractivity contribution is 7.57. The van der Waals surface area contributed by atoms with E-state index in [-0.39, 0.29) is 7.92 Å². The van der Waals surface area contributed by atoms with E-state index in [9.17, 15) is 0 Å². The maximum atomic E-state index is 4.29. The maximum absolute atomic E-state index is 4.29. The van der Waals surface area contributed by atoms with Gasteiger partial charge in [0.25, 0.3) is 0 Å². The van der Waals surface area contributed by atoms with Gasteiger partial charge in [-0.25, -0.2) is 4.98 Å². The molecule has 0 saturated carbocycles. The van der Waals surface area contributed by atoms with Crippen molar-refractivity contribution in [3.8, 4) is 0 Å². The van der Waals surface area contributed by atoms with Crippen molar-refractivity contribution in [2.75, 3.05) is 12.3 Å². The molecule has 1 aromatic rings. The molecule has 0 amide bonds. The minimum absolute atomic E-state index is 0.241. The fraction of sp³-hybridized carbons (Fsp3) is 0.625. The zero-order valence-corrected chi connectivity index (χ0v) is 8.79. The zero-order chi connectivity index (χ0) is 8.10. The van der Waals surface area contributed by atoms with Crippen LogP contribution < -0.4 is 0 Å². The average molecular weight is 187 g/mol.